The number of ether oxygens (including phenoxy) is 1. The molecule has 8 heteroatoms. The molecule has 0 aliphatic heterocycles. The standard InChI is InChI=1S/C18H24N4O3.ClH/c1-11(2)14(16-21-17(22-25-16)18(19)9-6-10-18)20-15(23)12-7-4-5-8-13(12)24-3;/h4-5,7-8,11,14H,6,9-10,19H2,1-3H3,(H,20,23);1H. The van der Waals surface area contributed by atoms with Gasteiger partial charge in [0.05, 0.1) is 18.2 Å². The van der Waals surface area contributed by atoms with Crippen molar-refractivity contribution >= 4 is 18.3 Å². The van der Waals surface area contributed by atoms with Crippen LogP contribution in [0, 0.1) is 5.92 Å². The molecule has 1 unspecified atom stereocenters. The average molecular weight is 381 g/mol. The van der Waals surface area contributed by atoms with Gasteiger partial charge in [-0.15, -0.1) is 12.4 Å². The normalized spacial score (nSPS) is 16.3. The molecule has 3 N–H and O–H groups in total. The van der Waals surface area contributed by atoms with Crippen molar-refractivity contribution in [3.8, 4) is 5.75 Å². The van der Waals surface area contributed by atoms with Gasteiger partial charge in [-0.2, -0.15) is 4.98 Å². The lowest BCUT2D eigenvalue weighted by Crippen LogP contribution is -2.44. The summed E-state index contributed by atoms with van der Waals surface area (Å²) >= 11 is 0. The highest BCUT2D eigenvalue weighted by Crippen LogP contribution is 2.37. The summed E-state index contributed by atoms with van der Waals surface area (Å²) in [5.74, 6) is 1.24. The van der Waals surface area contributed by atoms with Crippen molar-refractivity contribution in [1.82, 2.24) is 15.5 Å². The number of nitrogens with one attached hydrogen (secondary N) is 1. The number of benzene rings is 1. The lowest BCUT2D eigenvalue weighted by Gasteiger charge is -2.34. The fourth-order valence-corrected chi connectivity index (χ4v) is 2.91. The number of aromatic nitrogens is 2. The topological polar surface area (TPSA) is 103 Å². The molecule has 2 aromatic rings. The summed E-state index contributed by atoms with van der Waals surface area (Å²) in [6, 6.07) is 6.68. The molecule has 1 aliphatic rings. The van der Waals surface area contributed by atoms with Gasteiger partial charge in [0.25, 0.3) is 5.91 Å². The van der Waals surface area contributed by atoms with Crippen molar-refractivity contribution in [3.05, 3.63) is 41.5 Å². The number of methoxy groups -OCH3 is 1. The second kappa shape index (κ2) is 8.05. The number of nitrogens with two attached hydrogens (primary N) is 1. The Bertz CT molecular complexity index is 758. The highest BCUT2D eigenvalue weighted by atomic mass is 35.5. The molecule has 0 radical (unpaired) electrons. The minimum atomic E-state index is -0.490. The first-order valence-corrected chi connectivity index (χ1v) is 8.51. The Morgan fingerprint density at radius 3 is 2.62 bits per heavy atom. The van der Waals surface area contributed by atoms with E-state index in [1.165, 1.54) is 7.11 Å². The second-order valence-electron chi connectivity index (χ2n) is 6.86. The number of carbonyl (C=O) groups excluding carboxylic acids is 1. The van der Waals surface area contributed by atoms with Crippen LogP contribution in [0.15, 0.2) is 28.8 Å². The van der Waals surface area contributed by atoms with Gasteiger partial charge in [0.1, 0.15) is 11.8 Å². The summed E-state index contributed by atoms with van der Waals surface area (Å²) in [7, 11) is 1.54. The van der Waals surface area contributed by atoms with Crippen LogP contribution in [0.4, 0.5) is 0 Å². The molecule has 1 heterocycles. The van der Waals surface area contributed by atoms with Crippen molar-refractivity contribution in [3.63, 3.8) is 0 Å². The maximum atomic E-state index is 12.7. The SMILES string of the molecule is COc1ccccc1C(=O)NC(c1nc(C2(N)CCC2)no1)C(C)C.Cl. The van der Waals surface area contributed by atoms with Crippen molar-refractivity contribution in [2.24, 2.45) is 11.7 Å². The maximum absolute atomic E-state index is 12.7. The maximum Gasteiger partial charge on any atom is 0.255 e. The van der Waals surface area contributed by atoms with Crippen LogP contribution in [0.2, 0.25) is 0 Å². The Hall–Kier alpha value is -2.12. The molecule has 26 heavy (non-hydrogen) atoms. The summed E-state index contributed by atoms with van der Waals surface area (Å²) < 4.78 is 10.7. The Kier molecular flexibility index (Phi) is 6.26. The molecular formula is C18H25ClN4O3. The monoisotopic (exact) mass is 380 g/mol. The van der Waals surface area contributed by atoms with Gasteiger partial charge in [-0.1, -0.05) is 31.1 Å². The van der Waals surface area contributed by atoms with Crippen LogP contribution in [0.25, 0.3) is 0 Å². The zero-order chi connectivity index (χ0) is 18.0. The average Bonchev–Trinajstić information content (AvgIpc) is 3.06. The minimum Gasteiger partial charge on any atom is -0.496 e. The minimum absolute atomic E-state index is 0. The molecule has 142 valence electrons. The van der Waals surface area contributed by atoms with Gasteiger partial charge < -0.3 is 20.3 Å². The van der Waals surface area contributed by atoms with E-state index in [9.17, 15) is 4.79 Å². The third-order valence-electron chi connectivity index (χ3n) is 4.70. The van der Waals surface area contributed by atoms with Crippen LogP contribution in [-0.4, -0.2) is 23.2 Å². The predicted molar refractivity (Wildman–Crippen MR) is 99.3 cm³/mol. The first-order valence-electron chi connectivity index (χ1n) is 8.51. The van der Waals surface area contributed by atoms with E-state index in [1.54, 1.807) is 18.2 Å². The summed E-state index contributed by atoms with van der Waals surface area (Å²) in [6.45, 7) is 3.97. The number of nitrogens with zero attached hydrogens (tertiary/aromatic N) is 2. The molecule has 1 fully saturated rings. The molecule has 7 nitrogen and oxygen atoms in total. The van der Waals surface area contributed by atoms with Crippen LogP contribution < -0.4 is 15.8 Å². The molecule has 1 saturated carbocycles. The summed E-state index contributed by atoms with van der Waals surface area (Å²) in [5, 5.41) is 7.01. The number of halogens is 1. The van der Waals surface area contributed by atoms with Gasteiger partial charge in [0.2, 0.25) is 5.89 Å². The fourth-order valence-electron chi connectivity index (χ4n) is 2.91. The van der Waals surface area contributed by atoms with E-state index < -0.39 is 11.6 Å². The van der Waals surface area contributed by atoms with E-state index in [-0.39, 0.29) is 24.2 Å². The van der Waals surface area contributed by atoms with Gasteiger partial charge in [0, 0.05) is 0 Å². The van der Waals surface area contributed by atoms with Crippen molar-refractivity contribution in [2.45, 2.75) is 44.7 Å². The zero-order valence-corrected chi connectivity index (χ0v) is 16.0. The Morgan fingerprint density at radius 1 is 1.35 bits per heavy atom. The smallest absolute Gasteiger partial charge is 0.255 e. The van der Waals surface area contributed by atoms with Crippen molar-refractivity contribution < 1.29 is 14.1 Å². The lowest BCUT2D eigenvalue weighted by atomic mass is 9.77. The largest absolute Gasteiger partial charge is 0.496 e. The van der Waals surface area contributed by atoms with Crippen LogP contribution in [0.1, 0.15) is 61.2 Å². The lowest BCUT2D eigenvalue weighted by molar-refractivity contribution is 0.0911. The first kappa shape index (κ1) is 20.2. The fraction of sp³-hybridized carbons (Fsp3) is 0.500. The van der Waals surface area contributed by atoms with Gasteiger partial charge >= 0.3 is 0 Å². The Labute approximate surface area is 159 Å². The van der Waals surface area contributed by atoms with Crippen molar-refractivity contribution in [1.29, 1.82) is 0 Å². The molecule has 1 aromatic heterocycles. The summed E-state index contributed by atoms with van der Waals surface area (Å²) in [5.41, 5.74) is 6.23. The summed E-state index contributed by atoms with van der Waals surface area (Å²) in [4.78, 5) is 17.1. The van der Waals surface area contributed by atoms with Gasteiger partial charge in [-0.05, 0) is 37.3 Å². The number of carbonyl (C=O) groups is 1. The second-order valence-corrected chi connectivity index (χ2v) is 6.86. The Balaban J connectivity index is 0.00000243. The van der Waals surface area contributed by atoms with Crippen LogP contribution in [0.5, 0.6) is 5.75 Å². The summed E-state index contributed by atoms with van der Waals surface area (Å²) in [6.07, 6.45) is 2.77. The van der Waals surface area contributed by atoms with Gasteiger partial charge in [-0.3, -0.25) is 4.79 Å². The Morgan fingerprint density at radius 2 is 2.04 bits per heavy atom. The molecule has 3 rings (SSSR count). The third kappa shape index (κ3) is 3.83. The third-order valence-corrected chi connectivity index (χ3v) is 4.70. The number of hydrogen-bond acceptors (Lipinski definition) is 6. The van der Waals surface area contributed by atoms with E-state index in [1.807, 2.05) is 19.9 Å². The van der Waals surface area contributed by atoms with Crippen molar-refractivity contribution in [2.75, 3.05) is 7.11 Å². The van der Waals surface area contributed by atoms with Crippen LogP contribution in [0.3, 0.4) is 0 Å². The molecule has 1 amide bonds. The molecule has 1 aliphatic carbocycles. The quantitative estimate of drug-likeness (QED) is 0.798. The molecule has 0 spiro atoms. The molecule has 1 aromatic carbocycles. The highest BCUT2D eigenvalue weighted by Gasteiger charge is 2.40. The van der Waals surface area contributed by atoms with E-state index >= 15 is 0 Å². The van der Waals surface area contributed by atoms with Crippen LogP contribution >= 0.6 is 12.4 Å². The molecular weight excluding hydrogens is 356 g/mol. The first-order chi connectivity index (χ1) is 11.9. The zero-order valence-electron chi connectivity index (χ0n) is 15.2. The molecule has 1 atom stereocenters. The molecule has 0 saturated heterocycles. The number of para-hydroxylation sites is 1. The highest BCUT2D eigenvalue weighted by molar-refractivity contribution is 5.97. The van der Waals surface area contributed by atoms with E-state index in [0.29, 0.717) is 23.0 Å². The van der Waals surface area contributed by atoms with Gasteiger partial charge in [0.15, 0.2) is 5.82 Å². The van der Waals surface area contributed by atoms with Crippen LogP contribution in [-0.2, 0) is 5.54 Å². The van der Waals surface area contributed by atoms with E-state index in [4.69, 9.17) is 15.0 Å². The number of hydrogen-bond donors (Lipinski definition) is 2. The molecule has 0 bridgehead atoms. The predicted octanol–water partition coefficient (Wildman–Crippen LogP) is 2.97. The number of rotatable bonds is 6. The van der Waals surface area contributed by atoms with Gasteiger partial charge in [-0.25, -0.2) is 0 Å². The van der Waals surface area contributed by atoms with E-state index in [2.05, 4.69) is 15.5 Å². The number of amides is 1. The van der Waals surface area contributed by atoms with E-state index in [0.717, 1.165) is 19.3 Å².